The topological polar surface area (TPSA) is 66.8 Å². The Morgan fingerprint density at radius 2 is 1.67 bits per heavy atom. The molecule has 4 aliphatic heterocycles. The molecule has 3 aromatic carbocycles. The molecule has 0 radical (unpaired) electrons. The van der Waals surface area contributed by atoms with Crippen LogP contribution in [-0.4, -0.2) is 54.1 Å². The number of fused-ring (bicyclic) bond motifs is 5. The van der Waals surface area contributed by atoms with Crippen LogP contribution in [0.1, 0.15) is 50.5 Å². The number of para-hydroxylation sites is 2. The molecule has 7 heteroatoms. The molecule has 8 rings (SSSR count). The van der Waals surface area contributed by atoms with Crippen molar-refractivity contribution < 1.29 is 14.3 Å². The fourth-order valence-corrected chi connectivity index (χ4v) is 7.03. The minimum absolute atomic E-state index is 0.0280. The number of hydrogen-bond acceptors (Lipinski definition) is 4. The summed E-state index contributed by atoms with van der Waals surface area (Å²) in [6.07, 6.45) is 2.31. The average Bonchev–Trinajstić information content (AvgIpc) is 3.34. The number of aromatic nitrogens is 1. The van der Waals surface area contributed by atoms with Crippen LogP contribution in [0.5, 0.6) is 5.75 Å². The third-order valence-corrected chi connectivity index (χ3v) is 9.32. The van der Waals surface area contributed by atoms with E-state index in [1.54, 1.807) is 7.11 Å². The van der Waals surface area contributed by atoms with E-state index in [-0.39, 0.29) is 17.9 Å². The summed E-state index contributed by atoms with van der Waals surface area (Å²) in [4.78, 5) is 32.0. The molecule has 3 saturated heterocycles. The number of piperidine rings is 3. The van der Waals surface area contributed by atoms with Gasteiger partial charge in [0.2, 0.25) is 0 Å². The van der Waals surface area contributed by atoms with Gasteiger partial charge in [0.05, 0.1) is 20.2 Å². The molecule has 0 unspecified atom stereocenters. The van der Waals surface area contributed by atoms with Gasteiger partial charge in [-0.25, -0.2) is 0 Å². The van der Waals surface area contributed by atoms with Gasteiger partial charge >= 0.3 is 0 Å². The number of amides is 2. The van der Waals surface area contributed by atoms with Crippen LogP contribution < -0.4 is 15.0 Å². The van der Waals surface area contributed by atoms with Gasteiger partial charge in [0.25, 0.3) is 11.8 Å². The highest BCUT2D eigenvalue weighted by atomic mass is 16.5. The van der Waals surface area contributed by atoms with E-state index in [1.807, 2.05) is 84.6 Å². The Balaban J connectivity index is 1.18. The highest BCUT2D eigenvalue weighted by molar-refractivity contribution is 6.07. The summed E-state index contributed by atoms with van der Waals surface area (Å²) in [6, 6.07) is 25.9. The maximum absolute atomic E-state index is 14.1. The molecule has 0 aliphatic carbocycles. The van der Waals surface area contributed by atoms with E-state index in [1.165, 1.54) is 0 Å². The molecule has 214 valence electrons. The summed E-state index contributed by atoms with van der Waals surface area (Å²) in [5.41, 5.74) is 7.15. The summed E-state index contributed by atoms with van der Waals surface area (Å²) >= 11 is 0. The van der Waals surface area contributed by atoms with Crippen molar-refractivity contribution in [2.24, 2.45) is 5.92 Å². The van der Waals surface area contributed by atoms with E-state index in [2.05, 4.69) is 20.9 Å². The zero-order valence-electron chi connectivity index (χ0n) is 24.2. The number of ether oxygens (including phenoxy) is 1. The van der Waals surface area contributed by atoms with Gasteiger partial charge < -0.3 is 24.4 Å². The van der Waals surface area contributed by atoms with Crippen molar-refractivity contribution in [2.75, 3.05) is 31.6 Å². The van der Waals surface area contributed by atoms with Crippen molar-refractivity contribution in [2.45, 2.75) is 38.9 Å². The van der Waals surface area contributed by atoms with Crippen LogP contribution in [0.2, 0.25) is 0 Å². The second kappa shape index (κ2) is 10.8. The summed E-state index contributed by atoms with van der Waals surface area (Å²) in [7, 11) is 1.67. The Morgan fingerprint density at radius 3 is 2.43 bits per heavy atom. The minimum Gasteiger partial charge on any atom is -0.496 e. The van der Waals surface area contributed by atoms with E-state index >= 15 is 0 Å². The Morgan fingerprint density at radius 1 is 0.881 bits per heavy atom. The molecule has 1 atom stereocenters. The van der Waals surface area contributed by atoms with E-state index in [0.717, 1.165) is 71.9 Å². The normalized spacial score (nSPS) is 20.8. The number of anilines is 1. The average molecular weight is 561 g/mol. The first-order valence-corrected chi connectivity index (χ1v) is 14.9. The van der Waals surface area contributed by atoms with Gasteiger partial charge in [-0.3, -0.25) is 9.59 Å². The highest BCUT2D eigenvalue weighted by Crippen LogP contribution is 2.35. The highest BCUT2D eigenvalue weighted by Gasteiger charge is 2.36. The summed E-state index contributed by atoms with van der Waals surface area (Å²) < 4.78 is 7.66. The molecular formula is C35H36N4O3. The number of nitrogens with zero attached hydrogens (tertiary/aromatic N) is 3. The van der Waals surface area contributed by atoms with Gasteiger partial charge in [0.15, 0.2) is 0 Å². The van der Waals surface area contributed by atoms with Gasteiger partial charge in [0.1, 0.15) is 11.4 Å². The molecule has 0 spiro atoms. The van der Waals surface area contributed by atoms with E-state index < -0.39 is 0 Å². The number of benzene rings is 3. The third-order valence-electron chi connectivity index (χ3n) is 9.32. The van der Waals surface area contributed by atoms with Crippen molar-refractivity contribution >= 4 is 17.5 Å². The lowest BCUT2D eigenvalue weighted by atomic mass is 9.84. The predicted octanol–water partition coefficient (Wildman–Crippen LogP) is 5.50. The zero-order chi connectivity index (χ0) is 28.8. The van der Waals surface area contributed by atoms with Crippen LogP contribution >= 0.6 is 0 Å². The van der Waals surface area contributed by atoms with Crippen LogP contribution in [0, 0.1) is 12.8 Å². The van der Waals surface area contributed by atoms with Crippen molar-refractivity contribution in [1.29, 1.82) is 0 Å². The molecule has 1 aromatic heterocycles. The van der Waals surface area contributed by atoms with Crippen LogP contribution in [0.25, 0.3) is 11.1 Å². The number of carbonyl (C=O) groups excluding carboxylic acids is 2. The monoisotopic (exact) mass is 560 g/mol. The number of hydrogen-bond donors (Lipinski definition) is 1. The van der Waals surface area contributed by atoms with Crippen LogP contribution in [-0.2, 0) is 13.1 Å². The second-order valence-corrected chi connectivity index (χ2v) is 11.8. The van der Waals surface area contributed by atoms with Crippen LogP contribution in [0.15, 0.2) is 78.9 Å². The lowest BCUT2D eigenvalue weighted by molar-refractivity contribution is 0.0615. The number of methoxy groups -OCH3 is 1. The number of carbonyl (C=O) groups is 2. The van der Waals surface area contributed by atoms with E-state index in [9.17, 15) is 9.59 Å². The Kier molecular flexibility index (Phi) is 6.82. The first kappa shape index (κ1) is 26.5. The smallest absolute Gasteiger partial charge is 0.268 e. The van der Waals surface area contributed by atoms with Gasteiger partial charge in [-0.15, -0.1) is 0 Å². The molecule has 2 bridgehead atoms. The van der Waals surface area contributed by atoms with Crippen LogP contribution in [0.3, 0.4) is 0 Å². The van der Waals surface area contributed by atoms with Crippen molar-refractivity contribution in [3.63, 3.8) is 0 Å². The standard InChI is InChI=1S/C35H36N4O3/c1-23-19-25(11-13-28(23)29-8-4-6-10-33(29)42-2)35(41)39-21-27-12-14-32(38(27)20-26-7-3-5-9-31(26)39)34(40)36-30-22-37-17-15-24(30)16-18-37/h3-14,19,24,30H,15-18,20-22H2,1-2H3,(H,36,40)/t30-/m0/s1. The summed E-state index contributed by atoms with van der Waals surface area (Å²) in [6.45, 7) is 6.17. The predicted molar refractivity (Wildman–Crippen MR) is 164 cm³/mol. The lowest BCUT2D eigenvalue weighted by Gasteiger charge is -2.44. The van der Waals surface area contributed by atoms with Gasteiger partial charge in [-0.1, -0.05) is 42.5 Å². The van der Waals surface area contributed by atoms with Gasteiger partial charge in [-0.05, 0) is 91.9 Å². The Hall–Kier alpha value is -4.36. The molecule has 5 heterocycles. The fourth-order valence-electron chi connectivity index (χ4n) is 7.03. The molecule has 7 nitrogen and oxygen atoms in total. The summed E-state index contributed by atoms with van der Waals surface area (Å²) in [5, 5.41) is 3.35. The molecule has 4 aliphatic rings. The first-order valence-electron chi connectivity index (χ1n) is 14.9. The first-order chi connectivity index (χ1) is 20.5. The molecule has 4 aromatic rings. The van der Waals surface area contributed by atoms with Crippen LogP contribution in [0.4, 0.5) is 5.69 Å². The molecular weight excluding hydrogens is 524 g/mol. The van der Waals surface area contributed by atoms with Crippen molar-refractivity contribution in [3.05, 3.63) is 107 Å². The number of rotatable bonds is 5. The molecule has 42 heavy (non-hydrogen) atoms. The zero-order valence-corrected chi connectivity index (χ0v) is 24.2. The maximum Gasteiger partial charge on any atom is 0.268 e. The maximum atomic E-state index is 14.1. The molecule has 3 fully saturated rings. The Bertz CT molecular complexity index is 1670. The lowest BCUT2D eigenvalue weighted by Crippen LogP contribution is -2.57. The quantitative estimate of drug-likeness (QED) is 0.350. The SMILES string of the molecule is COc1ccccc1-c1ccc(C(=O)N2Cc3ccc(C(=O)N[C@H]4CN5CCC4CC5)n3Cc3ccccc32)cc1C. The fraction of sp³-hybridized carbons (Fsp3) is 0.314. The summed E-state index contributed by atoms with van der Waals surface area (Å²) in [5.74, 6) is 1.27. The second-order valence-electron chi connectivity index (χ2n) is 11.8. The van der Waals surface area contributed by atoms with E-state index in [0.29, 0.717) is 30.3 Å². The molecule has 1 N–H and O–H groups in total. The van der Waals surface area contributed by atoms with Crippen molar-refractivity contribution in [3.8, 4) is 16.9 Å². The number of aryl methyl sites for hydroxylation is 1. The van der Waals surface area contributed by atoms with E-state index in [4.69, 9.17) is 4.74 Å². The molecule has 0 saturated carbocycles. The van der Waals surface area contributed by atoms with Crippen molar-refractivity contribution in [1.82, 2.24) is 14.8 Å². The Labute approximate surface area is 246 Å². The van der Waals surface area contributed by atoms with Gasteiger partial charge in [0, 0.05) is 35.1 Å². The molecule has 2 amide bonds. The number of nitrogens with one attached hydrogen (secondary N) is 1. The van der Waals surface area contributed by atoms with Gasteiger partial charge in [-0.2, -0.15) is 0 Å². The minimum atomic E-state index is -0.0648. The third kappa shape index (κ3) is 4.68. The largest absolute Gasteiger partial charge is 0.496 e.